The number of aromatic amines is 1. The monoisotopic (exact) mass is 485 g/mol. The van der Waals surface area contributed by atoms with E-state index < -0.39 is 5.97 Å². The van der Waals surface area contributed by atoms with E-state index in [2.05, 4.69) is 36.0 Å². The summed E-state index contributed by atoms with van der Waals surface area (Å²) in [5.74, 6) is -0.731. The summed E-state index contributed by atoms with van der Waals surface area (Å²) in [5, 5.41) is 13.8. The number of pyridine rings is 1. The van der Waals surface area contributed by atoms with Gasteiger partial charge in [-0.25, -0.2) is 14.4 Å². The number of carbonyl (C=O) groups is 1. The topological polar surface area (TPSA) is 96.7 Å². The van der Waals surface area contributed by atoms with Crippen LogP contribution in [0.1, 0.15) is 36.4 Å². The van der Waals surface area contributed by atoms with E-state index in [1.165, 1.54) is 6.07 Å². The summed E-state index contributed by atoms with van der Waals surface area (Å²) in [6.45, 7) is 4.12. The Hall–Kier alpha value is -3.07. The molecule has 0 radical (unpaired) electrons. The Bertz CT molecular complexity index is 1280. The molecule has 2 N–H and O–H groups in total. The van der Waals surface area contributed by atoms with E-state index in [-0.39, 0.29) is 18.8 Å². The molecule has 3 aromatic heterocycles. The van der Waals surface area contributed by atoms with Crippen molar-refractivity contribution in [2.75, 3.05) is 0 Å². The van der Waals surface area contributed by atoms with E-state index in [1.807, 2.05) is 19.9 Å². The summed E-state index contributed by atoms with van der Waals surface area (Å²) in [6, 6.07) is 6.83. The van der Waals surface area contributed by atoms with Gasteiger partial charge in [0.15, 0.2) is 5.65 Å². The average Bonchev–Trinajstić information content (AvgIpc) is 3.29. The SMILES string of the molecule is CCc1nn(Cc2ccc(-c3nc4ncc(Br)cc4[nH]3)cc2F)c(CC)c1CC(=O)O. The van der Waals surface area contributed by atoms with E-state index in [9.17, 15) is 14.3 Å². The van der Waals surface area contributed by atoms with Gasteiger partial charge in [0.05, 0.1) is 24.2 Å². The highest BCUT2D eigenvalue weighted by Gasteiger charge is 2.19. The number of halogens is 2. The summed E-state index contributed by atoms with van der Waals surface area (Å²) in [5.41, 5.74) is 4.72. The van der Waals surface area contributed by atoms with Gasteiger partial charge in [0.1, 0.15) is 11.6 Å². The Morgan fingerprint density at radius 3 is 2.74 bits per heavy atom. The molecule has 0 atom stereocenters. The maximum absolute atomic E-state index is 15.0. The third kappa shape index (κ3) is 4.23. The lowest BCUT2D eigenvalue weighted by atomic mass is 10.1. The maximum atomic E-state index is 15.0. The van der Waals surface area contributed by atoms with Crippen molar-refractivity contribution in [3.63, 3.8) is 0 Å². The number of H-pyrrole nitrogens is 1. The zero-order chi connectivity index (χ0) is 22.1. The molecule has 0 aliphatic heterocycles. The first-order valence-corrected chi connectivity index (χ1v) is 10.8. The number of aryl methyl sites for hydroxylation is 1. The van der Waals surface area contributed by atoms with Crippen LogP contribution in [0.25, 0.3) is 22.6 Å². The number of nitrogens with one attached hydrogen (secondary N) is 1. The second-order valence-electron chi connectivity index (χ2n) is 7.22. The van der Waals surface area contributed by atoms with Crippen LogP contribution in [0.4, 0.5) is 4.39 Å². The number of aliphatic carboxylic acids is 1. The number of rotatable bonds is 7. The van der Waals surface area contributed by atoms with Crippen LogP contribution in [0.3, 0.4) is 0 Å². The van der Waals surface area contributed by atoms with Crippen LogP contribution in [-0.4, -0.2) is 35.8 Å². The molecule has 0 amide bonds. The Labute approximate surface area is 186 Å². The molecule has 0 aliphatic carbocycles. The molecule has 0 bridgehead atoms. The zero-order valence-corrected chi connectivity index (χ0v) is 18.7. The van der Waals surface area contributed by atoms with Crippen LogP contribution >= 0.6 is 15.9 Å². The van der Waals surface area contributed by atoms with Crippen molar-refractivity contribution in [2.24, 2.45) is 0 Å². The van der Waals surface area contributed by atoms with Gasteiger partial charge in [0.2, 0.25) is 0 Å². The number of fused-ring (bicyclic) bond motifs is 1. The van der Waals surface area contributed by atoms with Gasteiger partial charge in [0.25, 0.3) is 0 Å². The van der Waals surface area contributed by atoms with Gasteiger partial charge in [-0.2, -0.15) is 5.10 Å². The summed E-state index contributed by atoms with van der Waals surface area (Å²) in [4.78, 5) is 23.1. The highest BCUT2D eigenvalue weighted by Crippen LogP contribution is 2.25. The lowest BCUT2D eigenvalue weighted by Crippen LogP contribution is -2.09. The first kappa shape index (κ1) is 21.2. The van der Waals surface area contributed by atoms with Crippen molar-refractivity contribution in [3.05, 3.63) is 63.3 Å². The van der Waals surface area contributed by atoms with Crippen molar-refractivity contribution in [1.29, 1.82) is 0 Å². The van der Waals surface area contributed by atoms with Gasteiger partial charge in [-0.3, -0.25) is 9.48 Å². The average molecular weight is 486 g/mol. The first-order valence-electron chi connectivity index (χ1n) is 9.98. The van der Waals surface area contributed by atoms with Crippen molar-refractivity contribution < 1.29 is 14.3 Å². The van der Waals surface area contributed by atoms with E-state index >= 15 is 0 Å². The number of hydrogen-bond donors (Lipinski definition) is 2. The van der Waals surface area contributed by atoms with Gasteiger partial charge >= 0.3 is 5.97 Å². The number of nitrogens with zero attached hydrogens (tertiary/aromatic N) is 4. The summed E-state index contributed by atoms with van der Waals surface area (Å²) >= 11 is 3.38. The molecule has 0 saturated carbocycles. The molecule has 4 aromatic rings. The lowest BCUT2D eigenvalue weighted by Gasteiger charge is -2.09. The molecule has 0 aliphatic rings. The number of carboxylic acid groups (broad SMARTS) is 1. The van der Waals surface area contributed by atoms with E-state index in [0.717, 1.165) is 26.9 Å². The third-order valence-corrected chi connectivity index (χ3v) is 5.63. The van der Waals surface area contributed by atoms with Crippen LogP contribution in [0, 0.1) is 5.82 Å². The minimum atomic E-state index is -0.896. The molecule has 0 saturated heterocycles. The molecule has 9 heteroatoms. The lowest BCUT2D eigenvalue weighted by molar-refractivity contribution is -0.136. The fourth-order valence-corrected chi connectivity index (χ4v) is 4.08. The fraction of sp³-hybridized carbons (Fsp3) is 0.273. The fourth-order valence-electron chi connectivity index (χ4n) is 3.75. The van der Waals surface area contributed by atoms with Crippen LogP contribution in [0.5, 0.6) is 0 Å². The van der Waals surface area contributed by atoms with Crippen molar-refractivity contribution in [2.45, 2.75) is 39.7 Å². The second-order valence-corrected chi connectivity index (χ2v) is 8.14. The maximum Gasteiger partial charge on any atom is 0.307 e. The van der Waals surface area contributed by atoms with E-state index in [1.54, 1.807) is 23.0 Å². The van der Waals surface area contributed by atoms with Gasteiger partial charge < -0.3 is 10.1 Å². The van der Waals surface area contributed by atoms with Gasteiger partial charge in [-0.05, 0) is 40.9 Å². The highest BCUT2D eigenvalue weighted by atomic mass is 79.9. The molecule has 160 valence electrons. The first-order chi connectivity index (χ1) is 14.9. The summed E-state index contributed by atoms with van der Waals surface area (Å²) in [6.07, 6.45) is 2.83. The van der Waals surface area contributed by atoms with E-state index in [4.69, 9.17) is 0 Å². The predicted octanol–water partition coefficient (Wildman–Crippen LogP) is 4.52. The third-order valence-electron chi connectivity index (χ3n) is 5.20. The van der Waals surface area contributed by atoms with Gasteiger partial charge in [0, 0.05) is 33.1 Å². The van der Waals surface area contributed by atoms with Crippen LogP contribution in [0.15, 0.2) is 34.9 Å². The van der Waals surface area contributed by atoms with Crippen molar-refractivity contribution in [3.8, 4) is 11.4 Å². The molecular formula is C22H21BrFN5O2. The Kier molecular flexibility index (Phi) is 5.86. The number of benzene rings is 1. The van der Waals surface area contributed by atoms with Crippen LogP contribution < -0.4 is 0 Å². The number of carboxylic acids is 1. The second kappa shape index (κ2) is 8.58. The molecular weight excluding hydrogens is 465 g/mol. The normalized spacial score (nSPS) is 11.4. The van der Waals surface area contributed by atoms with Crippen molar-refractivity contribution >= 4 is 33.1 Å². The standard InChI is InChI=1S/C22H21BrFN5O2/c1-3-17-15(9-20(30)31)19(4-2)29(28-17)11-13-6-5-12(7-16(13)24)21-26-18-8-14(23)10-25-22(18)27-21/h5-8,10H,3-4,9,11H2,1-2H3,(H,30,31)(H,25,26,27). The molecule has 1 aromatic carbocycles. The Balaban J connectivity index is 1.66. The quantitative estimate of drug-likeness (QED) is 0.401. The predicted molar refractivity (Wildman–Crippen MR) is 118 cm³/mol. The van der Waals surface area contributed by atoms with Gasteiger partial charge in [-0.1, -0.05) is 26.0 Å². The summed E-state index contributed by atoms with van der Waals surface area (Å²) in [7, 11) is 0. The minimum absolute atomic E-state index is 0.0794. The molecule has 3 heterocycles. The number of aromatic nitrogens is 5. The molecule has 7 nitrogen and oxygen atoms in total. The van der Waals surface area contributed by atoms with Gasteiger partial charge in [-0.15, -0.1) is 0 Å². The summed E-state index contributed by atoms with van der Waals surface area (Å²) < 4.78 is 17.5. The largest absolute Gasteiger partial charge is 0.481 e. The Morgan fingerprint density at radius 1 is 1.26 bits per heavy atom. The van der Waals surface area contributed by atoms with Crippen molar-refractivity contribution in [1.82, 2.24) is 24.7 Å². The number of hydrogen-bond acceptors (Lipinski definition) is 4. The van der Waals surface area contributed by atoms with Crippen LogP contribution in [-0.2, 0) is 30.6 Å². The van der Waals surface area contributed by atoms with Crippen LogP contribution in [0.2, 0.25) is 0 Å². The Morgan fingerprint density at radius 2 is 2.06 bits per heavy atom. The molecule has 4 rings (SSSR count). The molecule has 31 heavy (non-hydrogen) atoms. The minimum Gasteiger partial charge on any atom is -0.481 e. The molecule has 0 spiro atoms. The molecule has 0 unspecified atom stereocenters. The molecule has 0 fully saturated rings. The zero-order valence-electron chi connectivity index (χ0n) is 17.1. The number of imidazole rings is 1. The van der Waals surface area contributed by atoms with E-state index in [0.29, 0.717) is 35.4 Å². The highest BCUT2D eigenvalue weighted by molar-refractivity contribution is 9.10. The smallest absolute Gasteiger partial charge is 0.307 e.